The third-order valence-corrected chi connectivity index (χ3v) is 3.30. The van der Waals surface area contributed by atoms with Crippen LogP contribution in [-0.2, 0) is 0 Å². The van der Waals surface area contributed by atoms with Crippen LogP contribution in [0.4, 0.5) is 0 Å². The second-order valence-electron chi connectivity index (χ2n) is 4.28. The largest absolute Gasteiger partial charge is 0.0695 e. The maximum absolute atomic E-state index is 2.40. The highest BCUT2D eigenvalue weighted by Gasteiger charge is 2.15. The average Bonchev–Trinajstić information content (AvgIpc) is 2.45. The van der Waals surface area contributed by atoms with E-state index in [0.29, 0.717) is 0 Å². The average molecular weight is 186 g/mol. The topological polar surface area (TPSA) is 0 Å². The molecule has 0 fully saturated rings. The highest BCUT2D eigenvalue weighted by Crippen LogP contribution is 2.34. The van der Waals surface area contributed by atoms with Gasteiger partial charge in [0.15, 0.2) is 0 Å². The Morgan fingerprint density at radius 3 is 2.57 bits per heavy atom. The fourth-order valence-electron chi connectivity index (χ4n) is 2.20. The molecule has 0 saturated heterocycles. The van der Waals surface area contributed by atoms with E-state index in [-0.39, 0.29) is 0 Å². The van der Waals surface area contributed by atoms with Crippen molar-refractivity contribution in [2.24, 2.45) is 0 Å². The minimum absolute atomic E-state index is 1.19. The van der Waals surface area contributed by atoms with Gasteiger partial charge in [-0.3, -0.25) is 0 Å². The van der Waals surface area contributed by atoms with Crippen LogP contribution in [0.5, 0.6) is 0 Å². The van der Waals surface area contributed by atoms with E-state index < -0.39 is 0 Å². The molecule has 0 heteroatoms. The molecular formula is C14H18. The van der Waals surface area contributed by atoms with Crippen molar-refractivity contribution in [1.82, 2.24) is 0 Å². The van der Waals surface area contributed by atoms with Crippen molar-refractivity contribution in [3.63, 3.8) is 0 Å². The highest BCUT2D eigenvalue weighted by molar-refractivity contribution is 5.60. The van der Waals surface area contributed by atoms with Crippen LogP contribution in [0.25, 0.3) is 0 Å². The number of fused-ring (bicyclic) bond motifs is 1. The molecule has 2 aliphatic carbocycles. The second-order valence-corrected chi connectivity index (χ2v) is 4.28. The zero-order chi connectivity index (χ0) is 10.1. The highest BCUT2D eigenvalue weighted by atomic mass is 14.2. The van der Waals surface area contributed by atoms with Gasteiger partial charge < -0.3 is 0 Å². The molecule has 0 aliphatic heterocycles. The van der Waals surface area contributed by atoms with E-state index in [4.69, 9.17) is 0 Å². The van der Waals surface area contributed by atoms with Gasteiger partial charge in [-0.2, -0.15) is 0 Å². The first-order chi connectivity index (χ1) is 6.72. The molecule has 14 heavy (non-hydrogen) atoms. The van der Waals surface area contributed by atoms with Crippen LogP contribution in [-0.4, -0.2) is 0 Å². The van der Waals surface area contributed by atoms with E-state index in [2.05, 4.69) is 39.0 Å². The molecule has 0 spiro atoms. The summed E-state index contributed by atoms with van der Waals surface area (Å²) in [7, 11) is 0. The molecule has 0 nitrogen and oxygen atoms in total. The summed E-state index contributed by atoms with van der Waals surface area (Å²) in [5.74, 6) is 0. The zero-order valence-corrected chi connectivity index (χ0v) is 9.35. The van der Waals surface area contributed by atoms with Crippen LogP contribution in [0.2, 0.25) is 0 Å². The van der Waals surface area contributed by atoms with Gasteiger partial charge in [0.1, 0.15) is 0 Å². The van der Waals surface area contributed by atoms with E-state index in [9.17, 15) is 0 Å². The molecule has 0 bridgehead atoms. The standard InChI is InChI=1S/C14H18/c1-4-12-7-5-10(2)13-8-6-11(3)14(13)9-12/h6,8-9H,4-5,7H2,1-3H3. The normalized spacial score (nSPS) is 21.2. The Morgan fingerprint density at radius 2 is 1.86 bits per heavy atom. The summed E-state index contributed by atoms with van der Waals surface area (Å²) >= 11 is 0. The van der Waals surface area contributed by atoms with Gasteiger partial charge in [0.05, 0.1) is 0 Å². The summed E-state index contributed by atoms with van der Waals surface area (Å²) in [6.07, 6.45) is 10.6. The molecule has 2 aliphatic rings. The van der Waals surface area contributed by atoms with Gasteiger partial charge in [-0.1, -0.05) is 36.3 Å². The maximum atomic E-state index is 2.40. The summed E-state index contributed by atoms with van der Waals surface area (Å²) in [6.45, 7) is 6.73. The van der Waals surface area contributed by atoms with Gasteiger partial charge in [-0.15, -0.1) is 0 Å². The van der Waals surface area contributed by atoms with Crippen molar-refractivity contribution < 1.29 is 0 Å². The molecule has 0 unspecified atom stereocenters. The Morgan fingerprint density at radius 1 is 1.07 bits per heavy atom. The monoisotopic (exact) mass is 186 g/mol. The first-order valence-corrected chi connectivity index (χ1v) is 5.51. The molecular weight excluding hydrogens is 168 g/mol. The van der Waals surface area contributed by atoms with Gasteiger partial charge in [0.2, 0.25) is 0 Å². The third kappa shape index (κ3) is 1.50. The van der Waals surface area contributed by atoms with E-state index in [1.165, 1.54) is 36.0 Å². The molecule has 0 amide bonds. The smallest absolute Gasteiger partial charge is 0.0156 e. The Balaban J connectivity index is 2.48. The predicted molar refractivity (Wildman–Crippen MR) is 62.1 cm³/mol. The molecule has 0 radical (unpaired) electrons. The summed E-state index contributed by atoms with van der Waals surface area (Å²) in [5, 5.41) is 0. The minimum Gasteiger partial charge on any atom is -0.0695 e. The molecule has 0 N–H and O–H groups in total. The molecule has 0 aromatic carbocycles. The summed E-state index contributed by atoms with van der Waals surface area (Å²) in [5.41, 5.74) is 7.51. The lowest BCUT2D eigenvalue weighted by molar-refractivity contribution is 0.879. The maximum Gasteiger partial charge on any atom is -0.0156 e. The lowest BCUT2D eigenvalue weighted by Gasteiger charge is -2.02. The van der Waals surface area contributed by atoms with Crippen LogP contribution >= 0.6 is 0 Å². The molecule has 0 aromatic heterocycles. The molecule has 0 saturated carbocycles. The molecule has 0 heterocycles. The summed E-state index contributed by atoms with van der Waals surface area (Å²) in [4.78, 5) is 0. The number of rotatable bonds is 1. The molecule has 0 aromatic rings. The number of allylic oxidation sites excluding steroid dienone is 8. The van der Waals surface area contributed by atoms with Gasteiger partial charge in [-0.25, -0.2) is 0 Å². The predicted octanol–water partition coefficient (Wildman–Crippen LogP) is 4.32. The molecule has 0 atom stereocenters. The summed E-state index contributed by atoms with van der Waals surface area (Å²) in [6, 6.07) is 0. The quantitative estimate of drug-likeness (QED) is 0.572. The van der Waals surface area contributed by atoms with Gasteiger partial charge >= 0.3 is 0 Å². The third-order valence-electron chi connectivity index (χ3n) is 3.30. The number of hydrogen-bond donors (Lipinski definition) is 0. The molecule has 2 rings (SSSR count). The summed E-state index contributed by atoms with van der Waals surface area (Å²) < 4.78 is 0. The van der Waals surface area contributed by atoms with E-state index in [1.54, 1.807) is 11.1 Å². The first kappa shape index (κ1) is 9.51. The van der Waals surface area contributed by atoms with E-state index in [0.717, 1.165) is 0 Å². The van der Waals surface area contributed by atoms with E-state index >= 15 is 0 Å². The SMILES string of the molecule is CCC1=CC2=C(C)C=CC2=C(C)CC1. The van der Waals surface area contributed by atoms with Crippen molar-refractivity contribution in [2.45, 2.75) is 40.0 Å². The van der Waals surface area contributed by atoms with Crippen molar-refractivity contribution in [1.29, 1.82) is 0 Å². The fourth-order valence-corrected chi connectivity index (χ4v) is 2.20. The fraction of sp³-hybridized carbons (Fsp3) is 0.429. The van der Waals surface area contributed by atoms with Crippen LogP contribution < -0.4 is 0 Å². The van der Waals surface area contributed by atoms with Crippen molar-refractivity contribution >= 4 is 0 Å². The molecule has 74 valence electrons. The van der Waals surface area contributed by atoms with Gasteiger partial charge in [0.25, 0.3) is 0 Å². The minimum atomic E-state index is 1.19. The lowest BCUT2D eigenvalue weighted by atomic mass is 10.0. The Labute approximate surface area is 86.7 Å². The van der Waals surface area contributed by atoms with Gasteiger partial charge in [-0.05, 0) is 49.8 Å². The van der Waals surface area contributed by atoms with Crippen LogP contribution in [0.1, 0.15) is 40.0 Å². The van der Waals surface area contributed by atoms with Crippen molar-refractivity contribution in [3.05, 3.63) is 46.1 Å². The first-order valence-electron chi connectivity index (χ1n) is 5.51. The van der Waals surface area contributed by atoms with Crippen molar-refractivity contribution in [2.75, 3.05) is 0 Å². The zero-order valence-electron chi connectivity index (χ0n) is 9.35. The second kappa shape index (κ2) is 3.61. The Kier molecular flexibility index (Phi) is 2.45. The Bertz CT molecular complexity index is 373. The van der Waals surface area contributed by atoms with Crippen molar-refractivity contribution in [3.8, 4) is 0 Å². The van der Waals surface area contributed by atoms with E-state index in [1.807, 2.05) is 0 Å². The van der Waals surface area contributed by atoms with Gasteiger partial charge in [0, 0.05) is 0 Å². The lowest BCUT2D eigenvalue weighted by Crippen LogP contribution is -1.84. The Hall–Kier alpha value is -1.04. The van der Waals surface area contributed by atoms with Crippen LogP contribution in [0, 0.1) is 0 Å². The van der Waals surface area contributed by atoms with Crippen LogP contribution in [0.3, 0.4) is 0 Å². The number of hydrogen-bond acceptors (Lipinski definition) is 0. The van der Waals surface area contributed by atoms with Crippen LogP contribution in [0.15, 0.2) is 46.1 Å².